The number of benzene rings is 1. The Morgan fingerprint density at radius 1 is 1.20 bits per heavy atom. The third kappa shape index (κ3) is 4.02. The summed E-state index contributed by atoms with van der Waals surface area (Å²) in [5.74, 6) is -1.13. The molecule has 0 saturated carbocycles. The van der Waals surface area contributed by atoms with E-state index in [-0.39, 0.29) is 23.0 Å². The van der Waals surface area contributed by atoms with Crippen molar-refractivity contribution in [2.24, 2.45) is 5.92 Å². The van der Waals surface area contributed by atoms with Gasteiger partial charge in [0.1, 0.15) is 0 Å². The molecule has 1 atom stereocenters. The van der Waals surface area contributed by atoms with Crippen molar-refractivity contribution in [3.63, 3.8) is 0 Å². The van der Waals surface area contributed by atoms with Crippen molar-refractivity contribution in [3.05, 3.63) is 63.4 Å². The van der Waals surface area contributed by atoms with Crippen molar-refractivity contribution in [1.82, 2.24) is 4.57 Å². The highest BCUT2D eigenvalue weighted by atomic mass is 35.5. The molecule has 0 amide bonds. The molecule has 3 nitrogen and oxygen atoms in total. The normalized spacial score (nSPS) is 19.3. The molecule has 1 heterocycles. The van der Waals surface area contributed by atoms with Crippen molar-refractivity contribution >= 4 is 23.1 Å². The van der Waals surface area contributed by atoms with Crippen molar-refractivity contribution in [3.8, 4) is 0 Å². The molecule has 0 bridgehead atoms. The lowest BCUT2D eigenvalue weighted by Crippen LogP contribution is -2.16. The number of halogens is 4. The standard InChI is InChI=1S/C23H23ClF3NO2/c24-20-6-3-5-19(23(25,26)27)18(20)13-28-12-17(16-4-1-2-7-21(16)28)14-8-10-15(11-9-14)22(29)30/h3,5-6,8,12,15H,1-2,4,7,9-11,13H2,(H,29,30). The Labute approximate surface area is 178 Å². The summed E-state index contributed by atoms with van der Waals surface area (Å²) in [7, 11) is 0. The maximum absolute atomic E-state index is 13.5. The third-order valence-electron chi connectivity index (χ3n) is 6.25. The largest absolute Gasteiger partial charge is 0.481 e. The van der Waals surface area contributed by atoms with Crippen LogP contribution in [0, 0.1) is 5.92 Å². The maximum Gasteiger partial charge on any atom is 0.416 e. The zero-order valence-corrected chi connectivity index (χ0v) is 17.2. The van der Waals surface area contributed by atoms with Gasteiger partial charge in [-0.25, -0.2) is 0 Å². The van der Waals surface area contributed by atoms with Crippen molar-refractivity contribution in [2.45, 2.75) is 57.7 Å². The van der Waals surface area contributed by atoms with Crippen LogP contribution in [0.2, 0.25) is 5.02 Å². The molecule has 0 aliphatic heterocycles. The first-order chi connectivity index (χ1) is 14.3. The van der Waals surface area contributed by atoms with E-state index in [1.807, 2.05) is 16.8 Å². The van der Waals surface area contributed by atoms with E-state index in [0.29, 0.717) is 19.3 Å². The lowest BCUT2D eigenvalue weighted by Gasteiger charge is -2.20. The number of aromatic nitrogens is 1. The first kappa shape index (κ1) is 21.0. The van der Waals surface area contributed by atoms with E-state index >= 15 is 0 Å². The van der Waals surface area contributed by atoms with E-state index in [1.54, 1.807) is 0 Å². The molecule has 1 aromatic carbocycles. The monoisotopic (exact) mass is 437 g/mol. The fraction of sp³-hybridized carbons (Fsp3) is 0.435. The fourth-order valence-corrected chi connectivity index (χ4v) is 4.92. The van der Waals surface area contributed by atoms with Gasteiger partial charge in [0, 0.05) is 29.0 Å². The van der Waals surface area contributed by atoms with Crippen LogP contribution in [0.15, 0.2) is 30.5 Å². The number of rotatable bonds is 4. The topological polar surface area (TPSA) is 42.2 Å². The zero-order chi connectivity index (χ0) is 21.5. The number of fused-ring (bicyclic) bond motifs is 1. The Hall–Kier alpha value is -2.21. The van der Waals surface area contributed by atoms with Crippen LogP contribution in [0.1, 0.15) is 60.1 Å². The Morgan fingerprint density at radius 3 is 2.63 bits per heavy atom. The summed E-state index contributed by atoms with van der Waals surface area (Å²) in [5.41, 5.74) is 3.84. The zero-order valence-electron chi connectivity index (χ0n) is 16.4. The number of carboxylic acid groups (broad SMARTS) is 1. The van der Waals surface area contributed by atoms with Crippen LogP contribution in [0.5, 0.6) is 0 Å². The van der Waals surface area contributed by atoms with Gasteiger partial charge in [0.2, 0.25) is 0 Å². The fourth-order valence-electron chi connectivity index (χ4n) is 4.68. The molecular formula is C23H23ClF3NO2. The van der Waals surface area contributed by atoms with Crippen LogP contribution in [-0.4, -0.2) is 15.6 Å². The van der Waals surface area contributed by atoms with Gasteiger partial charge in [0.05, 0.1) is 11.5 Å². The number of alkyl halides is 3. The van der Waals surface area contributed by atoms with Crippen LogP contribution >= 0.6 is 11.6 Å². The molecule has 0 fully saturated rings. The van der Waals surface area contributed by atoms with Crippen LogP contribution in [0.25, 0.3) is 5.57 Å². The maximum atomic E-state index is 13.5. The number of allylic oxidation sites excluding steroid dienone is 2. The summed E-state index contributed by atoms with van der Waals surface area (Å²) in [4.78, 5) is 11.2. The molecule has 1 unspecified atom stereocenters. The third-order valence-corrected chi connectivity index (χ3v) is 6.61. The predicted octanol–water partition coefficient (Wildman–Crippen LogP) is 6.36. The molecule has 0 spiro atoms. The van der Waals surface area contributed by atoms with Gasteiger partial charge in [-0.15, -0.1) is 0 Å². The van der Waals surface area contributed by atoms with E-state index < -0.39 is 17.7 Å². The molecular weight excluding hydrogens is 415 g/mol. The Balaban J connectivity index is 1.73. The molecule has 1 aromatic heterocycles. The molecule has 7 heteroatoms. The summed E-state index contributed by atoms with van der Waals surface area (Å²) in [6.07, 6.45) is 5.01. The first-order valence-electron chi connectivity index (χ1n) is 10.2. The molecule has 4 rings (SSSR count). The molecule has 2 aliphatic rings. The number of aliphatic carboxylic acids is 1. The van der Waals surface area contributed by atoms with Crippen LogP contribution in [0.3, 0.4) is 0 Å². The van der Waals surface area contributed by atoms with Gasteiger partial charge in [0.15, 0.2) is 0 Å². The molecule has 2 aromatic rings. The summed E-state index contributed by atoms with van der Waals surface area (Å²) in [5, 5.41) is 9.35. The van der Waals surface area contributed by atoms with E-state index in [0.717, 1.165) is 48.6 Å². The quantitative estimate of drug-likeness (QED) is 0.605. The summed E-state index contributed by atoms with van der Waals surface area (Å²) < 4.78 is 42.6. The lowest BCUT2D eigenvalue weighted by molar-refractivity contribution is -0.142. The highest BCUT2D eigenvalue weighted by Crippen LogP contribution is 2.39. The second-order valence-electron chi connectivity index (χ2n) is 8.11. The lowest BCUT2D eigenvalue weighted by atomic mass is 9.84. The first-order valence-corrected chi connectivity index (χ1v) is 10.6. The highest BCUT2D eigenvalue weighted by molar-refractivity contribution is 6.31. The van der Waals surface area contributed by atoms with Gasteiger partial charge in [-0.2, -0.15) is 13.2 Å². The molecule has 1 N–H and O–H groups in total. The van der Waals surface area contributed by atoms with Gasteiger partial charge < -0.3 is 9.67 Å². The van der Waals surface area contributed by atoms with Gasteiger partial charge in [-0.3, -0.25) is 4.79 Å². The number of hydrogen-bond acceptors (Lipinski definition) is 1. The van der Waals surface area contributed by atoms with Crippen molar-refractivity contribution in [1.29, 1.82) is 0 Å². The number of carboxylic acids is 1. The minimum absolute atomic E-state index is 0.0713. The van der Waals surface area contributed by atoms with Gasteiger partial charge in [-0.1, -0.05) is 23.7 Å². The second kappa shape index (κ2) is 8.14. The number of carbonyl (C=O) groups is 1. The van der Waals surface area contributed by atoms with E-state index in [2.05, 4.69) is 0 Å². The Kier molecular flexibility index (Phi) is 5.71. The highest BCUT2D eigenvalue weighted by Gasteiger charge is 2.34. The van der Waals surface area contributed by atoms with Gasteiger partial charge in [0.25, 0.3) is 0 Å². The Bertz CT molecular complexity index is 1010. The van der Waals surface area contributed by atoms with Crippen molar-refractivity contribution < 1.29 is 23.1 Å². The average Bonchev–Trinajstić information content (AvgIpc) is 3.07. The van der Waals surface area contributed by atoms with E-state index in [9.17, 15) is 23.1 Å². The van der Waals surface area contributed by atoms with Crippen LogP contribution < -0.4 is 0 Å². The SMILES string of the molecule is O=C(O)C1CC=C(c2cn(Cc3c(Cl)cccc3C(F)(F)F)c3c2CCCC3)CC1. The van der Waals surface area contributed by atoms with E-state index in [4.69, 9.17) is 11.6 Å². The predicted molar refractivity (Wildman–Crippen MR) is 110 cm³/mol. The Morgan fingerprint density at radius 2 is 1.97 bits per heavy atom. The summed E-state index contributed by atoms with van der Waals surface area (Å²) >= 11 is 6.19. The van der Waals surface area contributed by atoms with Crippen LogP contribution in [0.4, 0.5) is 13.2 Å². The molecule has 0 saturated heterocycles. The molecule has 160 valence electrons. The molecule has 30 heavy (non-hydrogen) atoms. The summed E-state index contributed by atoms with van der Waals surface area (Å²) in [6.45, 7) is 0.0713. The summed E-state index contributed by atoms with van der Waals surface area (Å²) in [6, 6.07) is 3.91. The minimum Gasteiger partial charge on any atom is -0.481 e. The van der Waals surface area contributed by atoms with Crippen LogP contribution in [-0.2, 0) is 30.4 Å². The second-order valence-corrected chi connectivity index (χ2v) is 8.51. The van der Waals surface area contributed by atoms with Gasteiger partial charge in [-0.05, 0) is 73.8 Å². The molecule has 2 aliphatic carbocycles. The molecule has 0 radical (unpaired) electrons. The van der Waals surface area contributed by atoms with E-state index in [1.165, 1.54) is 17.7 Å². The smallest absolute Gasteiger partial charge is 0.416 e. The minimum atomic E-state index is -4.46. The average molecular weight is 438 g/mol. The van der Waals surface area contributed by atoms with Crippen molar-refractivity contribution in [2.75, 3.05) is 0 Å². The number of nitrogens with zero attached hydrogens (tertiary/aromatic N) is 1. The number of hydrogen-bond donors (Lipinski definition) is 1. The van der Waals surface area contributed by atoms with Gasteiger partial charge >= 0.3 is 12.1 Å².